The Hall–Kier alpha value is -1.43. The van der Waals surface area contributed by atoms with E-state index < -0.39 is 0 Å². The molecule has 0 N–H and O–H groups in total. The number of nitrogens with zero attached hydrogens (tertiary/aromatic N) is 3. The van der Waals surface area contributed by atoms with Crippen molar-refractivity contribution in [1.82, 2.24) is 14.9 Å². The molecule has 96 valence electrons. The number of thioether (sulfide) groups is 1. The molecule has 1 atom stereocenters. The molecule has 5 nitrogen and oxygen atoms in total. The first-order valence-corrected chi connectivity index (χ1v) is 6.78. The third-order valence-corrected chi connectivity index (χ3v) is 3.85. The van der Waals surface area contributed by atoms with Gasteiger partial charge in [0.1, 0.15) is 6.33 Å². The Balaban J connectivity index is 1.87. The summed E-state index contributed by atoms with van der Waals surface area (Å²) >= 11 is 1.30. The Morgan fingerprint density at radius 2 is 2.22 bits per heavy atom. The van der Waals surface area contributed by atoms with Gasteiger partial charge in [-0.1, -0.05) is 11.8 Å². The van der Waals surface area contributed by atoms with E-state index in [-0.39, 0.29) is 16.9 Å². The molecule has 1 saturated heterocycles. The molecule has 1 aliphatic heterocycles. The molecule has 1 aromatic rings. The molecule has 1 fully saturated rings. The Morgan fingerprint density at radius 1 is 1.50 bits per heavy atom. The van der Waals surface area contributed by atoms with E-state index in [2.05, 4.69) is 9.97 Å². The summed E-state index contributed by atoms with van der Waals surface area (Å²) in [5.41, 5.74) is 0.936. The highest BCUT2D eigenvalue weighted by Gasteiger charge is 2.29. The molecule has 0 bridgehead atoms. The van der Waals surface area contributed by atoms with Crippen LogP contribution in [0.5, 0.6) is 0 Å². The molecule has 1 unspecified atom stereocenters. The SMILES string of the molecule is CC(=O)SCC1CC(=O)N(Cc2cncnc2)C1. The van der Waals surface area contributed by atoms with E-state index in [1.54, 1.807) is 19.3 Å². The molecule has 0 radical (unpaired) electrons. The van der Waals surface area contributed by atoms with Crippen LogP contribution in [-0.4, -0.2) is 38.2 Å². The second-order valence-corrected chi connectivity index (χ2v) is 5.59. The van der Waals surface area contributed by atoms with E-state index in [9.17, 15) is 9.59 Å². The maximum Gasteiger partial charge on any atom is 0.223 e. The molecular weight excluding hydrogens is 250 g/mol. The van der Waals surface area contributed by atoms with Gasteiger partial charge in [0.2, 0.25) is 5.91 Å². The number of rotatable bonds is 4. The summed E-state index contributed by atoms with van der Waals surface area (Å²) in [6.07, 6.45) is 5.45. The van der Waals surface area contributed by atoms with Gasteiger partial charge in [0.25, 0.3) is 0 Å². The van der Waals surface area contributed by atoms with Crippen molar-refractivity contribution in [2.24, 2.45) is 5.92 Å². The summed E-state index contributed by atoms with van der Waals surface area (Å²) in [6.45, 7) is 2.83. The number of carbonyl (C=O) groups is 2. The van der Waals surface area contributed by atoms with Crippen molar-refractivity contribution in [3.8, 4) is 0 Å². The van der Waals surface area contributed by atoms with Gasteiger partial charge in [0, 0.05) is 50.1 Å². The highest BCUT2D eigenvalue weighted by atomic mass is 32.2. The van der Waals surface area contributed by atoms with Gasteiger partial charge >= 0.3 is 0 Å². The summed E-state index contributed by atoms with van der Waals surface area (Å²) < 4.78 is 0. The maximum atomic E-state index is 11.8. The Kier molecular flexibility index (Phi) is 4.30. The topological polar surface area (TPSA) is 63.2 Å². The van der Waals surface area contributed by atoms with Crippen LogP contribution in [0.25, 0.3) is 0 Å². The van der Waals surface area contributed by atoms with Gasteiger partial charge in [-0.15, -0.1) is 0 Å². The molecule has 1 aliphatic rings. The molecule has 0 aromatic carbocycles. The number of likely N-dealkylation sites (tertiary alicyclic amines) is 1. The Morgan fingerprint density at radius 3 is 2.89 bits per heavy atom. The number of hydrogen-bond donors (Lipinski definition) is 0. The van der Waals surface area contributed by atoms with E-state index >= 15 is 0 Å². The van der Waals surface area contributed by atoms with Gasteiger partial charge in [-0.25, -0.2) is 9.97 Å². The monoisotopic (exact) mass is 265 g/mol. The lowest BCUT2D eigenvalue weighted by Gasteiger charge is -2.15. The van der Waals surface area contributed by atoms with Crippen LogP contribution >= 0.6 is 11.8 Å². The second kappa shape index (κ2) is 5.95. The van der Waals surface area contributed by atoms with E-state index in [0.29, 0.717) is 19.5 Å². The van der Waals surface area contributed by atoms with E-state index in [0.717, 1.165) is 11.3 Å². The summed E-state index contributed by atoms with van der Waals surface area (Å²) in [4.78, 5) is 32.4. The number of hydrogen-bond acceptors (Lipinski definition) is 5. The molecule has 0 spiro atoms. The van der Waals surface area contributed by atoms with Crippen molar-refractivity contribution in [3.05, 3.63) is 24.3 Å². The molecule has 2 heterocycles. The first kappa shape index (κ1) is 13.0. The van der Waals surface area contributed by atoms with Crippen molar-refractivity contribution in [3.63, 3.8) is 0 Å². The van der Waals surface area contributed by atoms with Gasteiger partial charge in [0.15, 0.2) is 5.12 Å². The molecule has 0 aliphatic carbocycles. The fourth-order valence-corrected chi connectivity index (χ4v) is 2.68. The van der Waals surface area contributed by atoms with Crippen LogP contribution in [0.2, 0.25) is 0 Å². The lowest BCUT2D eigenvalue weighted by atomic mass is 10.1. The molecule has 18 heavy (non-hydrogen) atoms. The van der Waals surface area contributed by atoms with Crippen molar-refractivity contribution in [2.45, 2.75) is 19.9 Å². The van der Waals surface area contributed by atoms with Gasteiger partial charge < -0.3 is 4.90 Å². The first-order chi connectivity index (χ1) is 8.65. The van der Waals surface area contributed by atoms with Crippen LogP contribution in [0.3, 0.4) is 0 Å². The fraction of sp³-hybridized carbons (Fsp3) is 0.500. The zero-order valence-corrected chi connectivity index (χ0v) is 11.0. The van der Waals surface area contributed by atoms with Crippen molar-refractivity contribution < 1.29 is 9.59 Å². The Labute approximate surface area is 110 Å². The second-order valence-electron chi connectivity index (χ2n) is 4.39. The number of amides is 1. The standard InChI is InChI=1S/C12H15N3O2S/c1-9(16)18-7-10-2-12(17)15(5-10)6-11-3-13-8-14-4-11/h3-4,8,10H,2,5-7H2,1H3. The minimum atomic E-state index is 0.109. The minimum Gasteiger partial charge on any atom is -0.338 e. The molecule has 2 rings (SSSR count). The quantitative estimate of drug-likeness (QED) is 0.816. The van der Waals surface area contributed by atoms with Crippen LogP contribution in [0.1, 0.15) is 18.9 Å². The van der Waals surface area contributed by atoms with E-state index in [1.165, 1.54) is 18.1 Å². The van der Waals surface area contributed by atoms with Gasteiger partial charge in [-0.3, -0.25) is 9.59 Å². The fourth-order valence-electron chi connectivity index (χ4n) is 1.99. The average molecular weight is 265 g/mol. The lowest BCUT2D eigenvalue weighted by molar-refractivity contribution is -0.128. The average Bonchev–Trinajstić information content (AvgIpc) is 2.69. The van der Waals surface area contributed by atoms with Crippen LogP contribution in [0.15, 0.2) is 18.7 Å². The van der Waals surface area contributed by atoms with E-state index in [1.807, 2.05) is 4.90 Å². The van der Waals surface area contributed by atoms with Gasteiger partial charge in [-0.05, 0) is 5.92 Å². The van der Waals surface area contributed by atoms with Crippen molar-refractivity contribution in [1.29, 1.82) is 0 Å². The molecule has 1 amide bonds. The number of aromatic nitrogens is 2. The summed E-state index contributed by atoms with van der Waals surface area (Å²) in [7, 11) is 0. The summed E-state index contributed by atoms with van der Waals surface area (Å²) in [6, 6.07) is 0. The zero-order chi connectivity index (χ0) is 13.0. The summed E-state index contributed by atoms with van der Waals surface area (Å²) in [5.74, 6) is 1.15. The molecular formula is C12H15N3O2S. The summed E-state index contributed by atoms with van der Waals surface area (Å²) in [5, 5.41) is 0.109. The smallest absolute Gasteiger partial charge is 0.223 e. The molecule has 1 aromatic heterocycles. The third kappa shape index (κ3) is 3.53. The molecule has 0 saturated carbocycles. The highest BCUT2D eigenvalue weighted by Crippen LogP contribution is 2.23. The minimum absolute atomic E-state index is 0.109. The van der Waals surface area contributed by atoms with Gasteiger partial charge in [0.05, 0.1) is 0 Å². The Bertz CT molecular complexity index is 438. The number of carbonyl (C=O) groups excluding carboxylic acids is 2. The lowest BCUT2D eigenvalue weighted by Crippen LogP contribution is -2.25. The maximum absolute atomic E-state index is 11.8. The van der Waals surface area contributed by atoms with Crippen LogP contribution in [0.4, 0.5) is 0 Å². The third-order valence-electron chi connectivity index (χ3n) is 2.80. The van der Waals surface area contributed by atoms with Crippen molar-refractivity contribution >= 4 is 22.8 Å². The van der Waals surface area contributed by atoms with E-state index in [4.69, 9.17) is 0 Å². The van der Waals surface area contributed by atoms with Gasteiger partial charge in [-0.2, -0.15) is 0 Å². The van der Waals surface area contributed by atoms with Crippen molar-refractivity contribution in [2.75, 3.05) is 12.3 Å². The van der Waals surface area contributed by atoms with Crippen LogP contribution in [0, 0.1) is 5.92 Å². The van der Waals surface area contributed by atoms with Crippen LogP contribution < -0.4 is 0 Å². The predicted molar refractivity (Wildman–Crippen MR) is 68.7 cm³/mol. The normalized spacial score (nSPS) is 19.3. The predicted octanol–water partition coefficient (Wildman–Crippen LogP) is 1.10. The highest BCUT2D eigenvalue weighted by molar-refractivity contribution is 8.13. The molecule has 6 heteroatoms. The zero-order valence-electron chi connectivity index (χ0n) is 10.2. The van der Waals surface area contributed by atoms with Crippen LogP contribution in [-0.2, 0) is 16.1 Å². The first-order valence-electron chi connectivity index (χ1n) is 5.80. The largest absolute Gasteiger partial charge is 0.338 e.